The van der Waals surface area contributed by atoms with E-state index in [0.29, 0.717) is 0 Å². The normalized spacial score (nSPS) is 17.7. The molecule has 254 valence electrons. The smallest absolute Gasteiger partial charge is 0.00108 e. The molecule has 0 aromatic heterocycles. The second kappa shape index (κ2) is 25.1. The highest BCUT2D eigenvalue weighted by Crippen LogP contribution is 2.32. The van der Waals surface area contributed by atoms with Crippen molar-refractivity contribution in [3.05, 3.63) is 204 Å². The van der Waals surface area contributed by atoms with Gasteiger partial charge in [0.2, 0.25) is 0 Å². The van der Waals surface area contributed by atoms with E-state index in [0.717, 1.165) is 6.42 Å². The second-order valence-corrected chi connectivity index (χ2v) is 11.1. The topological polar surface area (TPSA) is 0 Å². The van der Waals surface area contributed by atoms with Crippen LogP contribution in [0.2, 0.25) is 0 Å². The second-order valence-electron chi connectivity index (χ2n) is 11.1. The summed E-state index contributed by atoms with van der Waals surface area (Å²) in [5, 5.41) is 0. The van der Waals surface area contributed by atoms with Crippen molar-refractivity contribution in [3.8, 4) is 11.1 Å². The molecule has 0 heterocycles. The molecule has 1 aliphatic rings. The van der Waals surface area contributed by atoms with E-state index < -0.39 is 0 Å². The summed E-state index contributed by atoms with van der Waals surface area (Å²) in [4.78, 5) is 0. The molecule has 0 atom stereocenters. The van der Waals surface area contributed by atoms with Crippen LogP contribution in [-0.4, -0.2) is 0 Å². The number of benzene rings is 4. The summed E-state index contributed by atoms with van der Waals surface area (Å²) in [5.74, 6) is 0. The van der Waals surface area contributed by atoms with Gasteiger partial charge in [-0.3, -0.25) is 0 Å². The van der Waals surface area contributed by atoms with E-state index in [9.17, 15) is 0 Å². The average Bonchev–Trinajstić information content (AvgIpc) is 3.18. The molecular formula is C49H58. The Morgan fingerprint density at radius 1 is 0.571 bits per heavy atom. The molecule has 0 saturated carbocycles. The molecule has 0 spiro atoms. The summed E-state index contributed by atoms with van der Waals surface area (Å²) in [6.07, 6.45) is 25.9. The molecule has 4 aromatic carbocycles. The third kappa shape index (κ3) is 14.0. The number of unbranched alkanes of at least 4 members (excludes halogenated alkanes) is 1. The molecule has 5 rings (SSSR count). The largest absolute Gasteiger partial charge is 0.0838 e. The number of hydrogen-bond donors (Lipinski definition) is 0. The van der Waals surface area contributed by atoms with E-state index in [-0.39, 0.29) is 0 Å². The van der Waals surface area contributed by atoms with Crippen LogP contribution in [0.1, 0.15) is 84.4 Å². The number of rotatable bonds is 8. The zero-order valence-corrected chi connectivity index (χ0v) is 31.1. The fourth-order valence-electron chi connectivity index (χ4n) is 5.45. The van der Waals surface area contributed by atoms with Crippen LogP contribution in [-0.2, 0) is 6.42 Å². The van der Waals surface area contributed by atoms with Gasteiger partial charge >= 0.3 is 0 Å². The van der Waals surface area contributed by atoms with Crippen molar-refractivity contribution in [2.75, 3.05) is 0 Å². The predicted octanol–water partition coefficient (Wildman–Crippen LogP) is 14.9. The minimum Gasteiger partial charge on any atom is -0.0838 e. The first-order valence-corrected chi connectivity index (χ1v) is 18.2. The highest BCUT2D eigenvalue weighted by Gasteiger charge is 2.13. The fourth-order valence-corrected chi connectivity index (χ4v) is 5.45. The zero-order valence-electron chi connectivity index (χ0n) is 31.1. The lowest BCUT2D eigenvalue weighted by Crippen LogP contribution is -2.00. The minimum atomic E-state index is 0.857. The molecule has 0 N–H and O–H groups in total. The third-order valence-corrected chi connectivity index (χ3v) is 7.92. The van der Waals surface area contributed by atoms with Crippen molar-refractivity contribution in [3.63, 3.8) is 0 Å². The molecule has 0 unspecified atom stereocenters. The number of allylic oxidation sites excluding steroid dienone is 14. The standard InChI is InChI=1S/C32H28.C13H18.2C2H6/c1-26-17-9-5-3-2-4-6-14-24-31(28-20-12-8-13-21-28)32(26)25-29-22-15-16-23-30(29)27-18-10-7-11-19-27;1-3-5-9-12(4-2)13-10-7-6-8-11-13;2*1-2/h2-24H,25H2,1H3;4,6-8,10-11H,3,5,9H2,1-2H3;2*1-2H3/b3-2-,4-2?,5-3?,6-4-,9-5-,14-6?,17-9?,24-14-,26-17-,31-24?,32-26?,32-31+;12-4+;;. The van der Waals surface area contributed by atoms with Crippen molar-refractivity contribution >= 4 is 11.1 Å². The van der Waals surface area contributed by atoms with Crippen LogP contribution in [0.5, 0.6) is 0 Å². The minimum absolute atomic E-state index is 0.857. The zero-order chi connectivity index (χ0) is 35.5. The molecule has 4 aromatic rings. The molecule has 0 aliphatic heterocycles. The van der Waals surface area contributed by atoms with Crippen LogP contribution in [0, 0.1) is 0 Å². The first-order chi connectivity index (χ1) is 24.2. The third-order valence-electron chi connectivity index (χ3n) is 7.92. The predicted molar refractivity (Wildman–Crippen MR) is 222 cm³/mol. The Kier molecular flexibility index (Phi) is 20.6. The maximum Gasteiger partial charge on any atom is -0.00108 e. The van der Waals surface area contributed by atoms with E-state index in [1.54, 1.807) is 0 Å². The fraction of sp³-hybridized carbons (Fsp3) is 0.224. The summed E-state index contributed by atoms with van der Waals surface area (Å²) < 4.78 is 0. The molecule has 0 amide bonds. The van der Waals surface area contributed by atoms with Crippen molar-refractivity contribution in [1.29, 1.82) is 0 Å². The van der Waals surface area contributed by atoms with E-state index in [4.69, 9.17) is 0 Å². The summed E-state index contributed by atoms with van der Waals surface area (Å²) >= 11 is 0. The maximum atomic E-state index is 2.25. The summed E-state index contributed by atoms with van der Waals surface area (Å²) in [7, 11) is 0. The molecule has 0 heteroatoms. The SMILES string of the molecule is C/C=C(\CCCC)c1ccccc1.CC.CC.CC1=C/C=C\C=C/C=C\C=C/C(c2ccccc2)=C\1Cc1ccccc1-c1ccccc1. The highest BCUT2D eigenvalue weighted by molar-refractivity contribution is 5.81. The highest BCUT2D eigenvalue weighted by atomic mass is 14.2. The Hall–Kier alpha value is -4.94. The van der Waals surface area contributed by atoms with E-state index in [1.165, 1.54) is 69.4 Å². The van der Waals surface area contributed by atoms with Crippen molar-refractivity contribution < 1.29 is 0 Å². The lowest BCUT2D eigenvalue weighted by atomic mass is 9.87. The van der Waals surface area contributed by atoms with Gasteiger partial charge in [-0.25, -0.2) is 0 Å². The van der Waals surface area contributed by atoms with Gasteiger partial charge < -0.3 is 0 Å². The lowest BCUT2D eigenvalue weighted by molar-refractivity contribution is 0.824. The van der Waals surface area contributed by atoms with Gasteiger partial charge in [-0.05, 0) is 83.2 Å². The summed E-state index contributed by atoms with van der Waals surface area (Å²) in [6, 6.07) is 40.7. The van der Waals surface area contributed by atoms with Gasteiger partial charge in [0, 0.05) is 0 Å². The Balaban J connectivity index is 0.000000410. The molecule has 0 saturated heterocycles. The van der Waals surface area contributed by atoms with Gasteiger partial charge in [-0.2, -0.15) is 0 Å². The molecule has 0 nitrogen and oxygen atoms in total. The van der Waals surface area contributed by atoms with Crippen LogP contribution >= 0.6 is 0 Å². The Morgan fingerprint density at radius 3 is 1.67 bits per heavy atom. The maximum absolute atomic E-state index is 2.25. The van der Waals surface area contributed by atoms with E-state index in [1.807, 2.05) is 27.7 Å². The first-order valence-electron chi connectivity index (χ1n) is 18.2. The molecular weight excluding hydrogens is 589 g/mol. The van der Waals surface area contributed by atoms with Gasteiger partial charge in [-0.1, -0.05) is 217 Å². The van der Waals surface area contributed by atoms with E-state index >= 15 is 0 Å². The van der Waals surface area contributed by atoms with Gasteiger partial charge in [0.25, 0.3) is 0 Å². The van der Waals surface area contributed by atoms with Crippen molar-refractivity contribution in [1.82, 2.24) is 0 Å². The van der Waals surface area contributed by atoms with Crippen molar-refractivity contribution in [2.45, 2.75) is 74.1 Å². The Labute approximate surface area is 299 Å². The molecule has 1 aliphatic carbocycles. The van der Waals surface area contributed by atoms with Crippen LogP contribution < -0.4 is 0 Å². The average molecular weight is 647 g/mol. The molecule has 49 heavy (non-hydrogen) atoms. The quantitative estimate of drug-likeness (QED) is 0.179. The Bertz CT molecular complexity index is 1670. The molecule has 0 radical (unpaired) electrons. The van der Waals surface area contributed by atoms with Gasteiger partial charge in [-0.15, -0.1) is 0 Å². The molecule has 0 bridgehead atoms. The summed E-state index contributed by atoms with van der Waals surface area (Å²) in [6.45, 7) is 14.6. The molecule has 0 fully saturated rings. The van der Waals surface area contributed by atoms with Crippen LogP contribution in [0.3, 0.4) is 0 Å². The van der Waals surface area contributed by atoms with Crippen LogP contribution in [0.15, 0.2) is 187 Å². The summed E-state index contributed by atoms with van der Waals surface area (Å²) in [5.41, 5.74) is 11.8. The van der Waals surface area contributed by atoms with Crippen LogP contribution in [0.4, 0.5) is 0 Å². The monoisotopic (exact) mass is 646 g/mol. The first kappa shape index (κ1) is 40.2. The number of hydrogen-bond acceptors (Lipinski definition) is 0. The van der Waals surface area contributed by atoms with Gasteiger partial charge in [0.15, 0.2) is 0 Å². The van der Waals surface area contributed by atoms with E-state index in [2.05, 4.69) is 197 Å². The van der Waals surface area contributed by atoms with Crippen LogP contribution in [0.25, 0.3) is 22.3 Å². The Morgan fingerprint density at radius 2 is 1.08 bits per heavy atom. The lowest BCUT2D eigenvalue weighted by Gasteiger charge is -2.17. The van der Waals surface area contributed by atoms with Gasteiger partial charge in [0.05, 0.1) is 0 Å². The van der Waals surface area contributed by atoms with Gasteiger partial charge in [0.1, 0.15) is 0 Å². The van der Waals surface area contributed by atoms with Crippen molar-refractivity contribution in [2.24, 2.45) is 0 Å².